The first-order valence-corrected chi connectivity index (χ1v) is 10.6. The van der Waals surface area contributed by atoms with Crippen molar-refractivity contribution < 1.29 is 19.9 Å². The fraction of sp³-hybridized carbons (Fsp3) is 0.435. The van der Waals surface area contributed by atoms with Gasteiger partial charge in [0.25, 0.3) is 0 Å². The Morgan fingerprint density at radius 1 is 1.03 bits per heavy atom. The molecule has 0 saturated heterocycles. The van der Waals surface area contributed by atoms with Crippen LogP contribution in [0.5, 0.6) is 0 Å². The third kappa shape index (κ3) is 6.62. The van der Waals surface area contributed by atoms with Crippen molar-refractivity contribution in [2.75, 3.05) is 11.9 Å². The van der Waals surface area contributed by atoms with Gasteiger partial charge < -0.3 is 25.8 Å². The average molecular weight is 483 g/mol. The Morgan fingerprint density at radius 3 is 2.12 bits per heavy atom. The number of nitrogens with zero attached hydrogens (tertiary/aromatic N) is 1. The first-order valence-electron chi connectivity index (χ1n) is 10.6. The van der Waals surface area contributed by atoms with Gasteiger partial charge in [0.05, 0.1) is 0 Å². The van der Waals surface area contributed by atoms with Crippen molar-refractivity contribution in [3.63, 3.8) is 0 Å². The largest absolute Gasteiger partial charge is 0.480 e. The number of aliphatic carboxylic acids is 1. The van der Waals surface area contributed by atoms with E-state index in [0.29, 0.717) is 19.3 Å². The van der Waals surface area contributed by atoms with Crippen LogP contribution in [0.3, 0.4) is 0 Å². The number of benzene rings is 2. The predicted octanol–water partition coefficient (Wildman–Crippen LogP) is 3.84. The quantitative estimate of drug-likeness (QED) is 0.302. The maximum absolute atomic E-state index is 11.9. The van der Waals surface area contributed by atoms with E-state index in [0.717, 1.165) is 18.5 Å². The SMILES string of the molecule is CN(c1ccc(-c2ccccc2)cc1)C1CC(C(N)(CCCCB(O)O)C(=O)O)C1.Cl.Cl. The normalized spacial score (nSPS) is 18.9. The zero-order valence-electron chi connectivity index (χ0n) is 18.3. The average Bonchev–Trinajstić information content (AvgIpc) is 2.70. The van der Waals surface area contributed by atoms with Gasteiger partial charge in [0, 0.05) is 18.8 Å². The predicted molar refractivity (Wildman–Crippen MR) is 135 cm³/mol. The molecule has 5 N–H and O–H groups in total. The fourth-order valence-electron chi connectivity index (χ4n) is 4.29. The van der Waals surface area contributed by atoms with Gasteiger partial charge in [-0.1, -0.05) is 55.3 Å². The summed E-state index contributed by atoms with van der Waals surface area (Å²) in [5.74, 6) is -1.05. The summed E-state index contributed by atoms with van der Waals surface area (Å²) < 4.78 is 0. The molecule has 1 saturated carbocycles. The smallest absolute Gasteiger partial charge is 0.451 e. The number of carboxylic acids is 1. The van der Waals surface area contributed by atoms with Crippen LogP contribution in [-0.2, 0) is 4.79 Å². The number of anilines is 1. The minimum Gasteiger partial charge on any atom is -0.480 e. The summed E-state index contributed by atoms with van der Waals surface area (Å²) in [5.41, 5.74) is 8.50. The van der Waals surface area contributed by atoms with Crippen molar-refractivity contribution >= 4 is 43.6 Å². The highest BCUT2D eigenvalue weighted by molar-refractivity contribution is 6.40. The molecule has 0 spiro atoms. The molecule has 9 heteroatoms. The number of carbonyl (C=O) groups is 1. The molecule has 3 rings (SSSR count). The summed E-state index contributed by atoms with van der Waals surface area (Å²) in [5, 5.41) is 27.6. The van der Waals surface area contributed by atoms with Gasteiger partial charge in [0.15, 0.2) is 0 Å². The van der Waals surface area contributed by atoms with Gasteiger partial charge in [-0.15, -0.1) is 24.8 Å². The Bertz CT molecular complexity index is 836. The van der Waals surface area contributed by atoms with Crippen LogP contribution in [0.15, 0.2) is 54.6 Å². The van der Waals surface area contributed by atoms with Gasteiger partial charge in [-0.2, -0.15) is 0 Å². The first-order chi connectivity index (χ1) is 14.3. The van der Waals surface area contributed by atoms with Crippen molar-refractivity contribution in [2.45, 2.75) is 50.0 Å². The van der Waals surface area contributed by atoms with Crippen LogP contribution in [0.25, 0.3) is 11.1 Å². The van der Waals surface area contributed by atoms with Crippen LogP contribution < -0.4 is 10.6 Å². The van der Waals surface area contributed by atoms with Crippen LogP contribution in [0.4, 0.5) is 5.69 Å². The standard InChI is InChI=1S/C23H31BN2O4.2ClH/c1-26(20-11-9-18(10-12-20)17-7-3-2-4-8-17)21-15-19(16-21)23(25,22(27)28)13-5-6-14-24(29)30;;/h2-4,7-12,19,21,29-30H,5-6,13-16,25H2,1H3,(H,27,28);2*1H. The number of unbranched alkanes of at least 4 members (excludes halogenated alkanes) is 1. The fourth-order valence-corrected chi connectivity index (χ4v) is 4.29. The number of hydrogen-bond acceptors (Lipinski definition) is 5. The maximum atomic E-state index is 11.9. The molecule has 0 bridgehead atoms. The second-order valence-electron chi connectivity index (χ2n) is 8.42. The highest BCUT2D eigenvalue weighted by Crippen LogP contribution is 2.41. The maximum Gasteiger partial charge on any atom is 0.451 e. The van der Waals surface area contributed by atoms with E-state index >= 15 is 0 Å². The van der Waals surface area contributed by atoms with E-state index < -0.39 is 18.6 Å². The second kappa shape index (κ2) is 12.5. The summed E-state index contributed by atoms with van der Waals surface area (Å²) in [7, 11) is 0.692. The Labute approximate surface area is 202 Å². The van der Waals surface area contributed by atoms with Crippen molar-refractivity contribution in [2.24, 2.45) is 11.7 Å². The second-order valence-corrected chi connectivity index (χ2v) is 8.42. The molecule has 1 unspecified atom stereocenters. The number of hydrogen-bond donors (Lipinski definition) is 4. The van der Waals surface area contributed by atoms with Crippen LogP contribution >= 0.6 is 24.8 Å². The number of carboxylic acid groups (broad SMARTS) is 1. The summed E-state index contributed by atoms with van der Waals surface area (Å²) >= 11 is 0. The first kappa shape index (κ1) is 28.3. The lowest BCUT2D eigenvalue weighted by Crippen LogP contribution is -2.61. The third-order valence-corrected chi connectivity index (χ3v) is 6.47. The van der Waals surface area contributed by atoms with E-state index in [1.165, 1.54) is 11.1 Å². The molecule has 0 radical (unpaired) electrons. The molecule has 0 aliphatic heterocycles. The zero-order valence-corrected chi connectivity index (χ0v) is 19.9. The van der Waals surface area contributed by atoms with Crippen LogP contribution in [0.2, 0.25) is 6.32 Å². The van der Waals surface area contributed by atoms with E-state index in [9.17, 15) is 9.90 Å². The highest BCUT2D eigenvalue weighted by atomic mass is 35.5. The number of nitrogens with two attached hydrogens (primary N) is 1. The Kier molecular flexibility index (Phi) is 11.0. The molecule has 0 aromatic heterocycles. The molecule has 176 valence electrons. The minimum absolute atomic E-state index is 0. The number of rotatable bonds is 10. The summed E-state index contributed by atoms with van der Waals surface area (Å²) in [4.78, 5) is 14.1. The molecule has 6 nitrogen and oxygen atoms in total. The monoisotopic (exact) mass is 482 g/mol. The van der Waals surface area contributed by atoms with Crippen LogP contribution in [-0.4, -0.2) is 46.9 Å². The van der Waals surface area contributed by atoms with Crippen molar-refractivity contribution in [3.8, 4) is 11.1 Å². The van der Waals surface area contributed by atoms with Crippen LogP contribution in [0.1, 0.15) is 32.1 Å². The summed E-state index contributed by atoms with van der Waals surface area (Å²) in [6.45, 7) is 0. The molecule has 1 aliphatic carbocycles. The lowest BCUT2D eigenvalue weighted by Gasteiger charge is -2.48. The lowest BCUT2D eigenvalue weighted by molar-refractivity contribution is -0.147. The van der Waals surface area contributed by atoms with Gasteiger partial charge in [0.2, 0.25) is 0 Å². The van der Waals surface area contributed by atoms with E-state index in [2.05, 4.69) is 41.3 Å². The summed E-state index contributed by atoms with van der Waals surface area (Å²) in [6, 6.07) is 18.9. The minimum atomic E-state index is -1.35. The molecule has 1 fully saturated rings. The highest BCUT2D eigenvalue weighted by Gasteiger charge is 2.49. The third-order valence-electron chi connectivity index (χ3n) is 6.47. The molecule has 1 atom stereocenters. The Morgan fingerprint density at radius 2 is 1.59 bits per heavy atom. The molecular weight excluding hydrogens is 450 g/mol. The van der Waals surface area contributed by atoms with Crippen molar-refractivity contribution in [1.82, 2.24) is 0 Å². The van der Waals surface area contributed by atoms with E-state index in [1.54, 1.807) is 0 Å². The van der Waals surface area contributed by atoms with Crippen molar-refractivity contribution in [1.29, 1.82) is 0 Å². The molecule has 2 aromatic rings. The molecule has 0 heterocycles. The Hall–Kier alpha value is -1.77. The number of halogens is 2. The Balaban J connectivity index is 0.00000256. The topological polar surface area (TPSA) is 107 Å². The van der Waals surface area contributed by atoms with Gasteiger partial charge in [0.1, 0.15) is 5.54 Å². The molecule has 0 amide bonds. The molecular formula is C23H33BCl2N2O4. The summed E-state index contributed by atoms with van der Waals surface area (Å²) in [6.07, 6.45) is 3.18. The van der Waals surface area contributed by atoms with Gasteiger partial charge in [-0.25, -0.2) is 0 Å². The van der Waals surface area contributed by atoms with Gasteiger partial charge in [-0.05, 0) is 54.8 Å². The van der Waals surface area contributed by atoms with E-state index in [-0.39, 0.29) is 43.1 Å². The lowest BCUT2D eigenvalue weighted by atomic mass is 9.65. The molecule has 32 heavy (non-hydrogen) atoms. The van der Waals surface area contributed by atoms with E-state index in [4.69, 9.17) is 15.8 Å². The zero-order chi connectivity index (χ0) is 21.7. The van der Waals surface area contributed by atoms with Gasteiger partial charge in [-0.3, -0.25) is 4.79 Å². The van der Waals surface area contributed by atoms with Gasteiger partial charge >= 0.3 is 13.1 Å². The molecule has 1 aliphatic rings. The van der Waals surface area contributed by atoms with E-state index in [1.807, 2.05) is 25.2 Å². The van der Waals surface area contributed by atoms with Crippen molar-refractivity contribution in [3.05, 3.63) is 54.6 Å². The molecule has 2 aromatic carbocycles. The van der Waals surface area contributed by atoms with Crippen LogP contribution in [0, 0.1) is 5.92 Å².